The molecule has 0 aromatic carbocycles. The molecule has 0 saturated carbocycles. The van der Waals surface area contributed by atoms with Crippen LogP contribution in [0.2, 0.25) is 0 Å². The summed E-state index contributed by atoms with van der Waals surface area (Å²) in [4.78, 5) is 4.50. The minimum atomic E-state index is -3.40. The molecule has 22 heavy (non-hydrogen) atoms. The molecule has 0 N–H and O–H groups in total. The zero-order chi connectivity index (χ0) is 16.2. The van der Waals surface area contributed by atoms with Crippen LogP contribution in [0.4, 0.5) is 0 Å². The van der Waals surface area contributed by atoms with Crippen molar-refractivity contribution in [2.45, 2.75) is 39.5 Å². The largest absolute Gasteiger partial charge is 0.456 e. The van der Waals surface area contributed by atoms with Crippen molar-refractivity contribution in [2.24, 2.45) is 16.6 Å². The molecule has 2 saturated heterocycles. The number of nitrogens with zero attached hydrogens (tertiary/aromatic N) is 3. The third kappa shape index (κ3) is 4.46. The molecular formula is C15H30N3O3P. The van der Waals surface area contributed by atoms with E-state index in [9.17, 15) is 4.57 Å². The predicted molar refractivity (Wildman–Crippen MR) is 89.0 cm³/mol. The van der Waals surface area contributed by atoms with Gasteiger partial charge in [0.1, 0.15) is 0 Å². The monoisotopic (exact) mass is 331 g/mol. The van der Waals surface area contributed by atoms with E-state index in [0.717, 1.165) is 69.7 Å². The number of likely N-dealkylation sites (tertiary alicyclic amines) is 2. The van der Waals surface area contributed by atoms with E-state index in [0.29, 0.717) is 0 Å². The number of hydrogen-bond acceptors (Lipinski definition) is 3. The van der Waals surface area contributed by atoms with E-state index >= 15 is 0 Å². The minimum absolute atomic E-state index is 0.746. The second-order valence-corrected chi connectivity index (χ2v) is 8.44. The Morgan fingerprint density at radius 2 is 1.27 bits per heavy atom. The third-order valence-electron chi connectivity index (χ3n) is 4.81. The minimum Gasteiger partial charge on any atom is -0.342 e. The average molecular weight is 331 g/mol. The van der Waals surface area contributed by atoms with Gasteiger partial charge in [-0.3, -0.25) is 9.05 Å². The summed E-state index contributed by atoms with van der Waals surface area (Å²) >= 11 is 0. The summed E-state index contributed by atoms with van der Waals surface area (Å²) in [5, 5.41) is 0. The molecule has 0 bridgehead atoms. The van der Waals surface area contributed by atoms with Crippen molar-refractivity contribution in [3.8, 4) is 0 Å². The van der Waals surface area contributed by atoms with E-state index in [1.807, 2.05) is 0 Å². The fourth-order valence-electron chi connectivity index (χ4n) is 3.01. The molecule has 2 aliphatic rings. The maximum absolute atomic E-state index is 12.5. The summed E-state index contributed by atoms with van der Waals surface area (Å²) in [5.74, 6) is 2.29. The summed E-state index contributed by atoms with van der Waals surface area (Å²) in [6.07, 6.45) is 4.59. The Morgan fingerprint density at radius 3 is 1.59 bits per heavy atom. The smallest absolute Gasteiger partial charge is 0.342 e. The first-order valence-electron chi connectivity index (χ1n) is 8.29. The zero-order valence-corrected chi connectivity index (χ0v) is 15.2. The van der Waals surface area contributed by atoms with Gasteiger partial charge in [0.05, 0.1) is 0 Å². The van der Waals surface area contributed by atoms with Crippen molar-refractivity contribution in [1.82, 2.24) is 9.80 Å². The highest BCUT2D eigenvalue weighted by Gasteiger charge is 2.30. The Bertz CT molecular complexity index is 396. The first-order chi connectivity index (χ1) is 10.5. The molecule has 0 atom stereocenters. The van der Waals surface area contributed by atoms with Crippen LogP contribution in [0, 0.1) is 11.8 Å². The summed E-state index contributed by atoms with van der Waals surface area (Å²) in [6.45, 7) is 8.40. The second-order valence-electron chi connectivity index (χ2n) is 6.57. The molecule has 0 amide bonds. The fourth-order valence-corrected chi connectivity index (χ4v) is 3.79. The Kier molecular flexibility index (Phi) is 6.30. The molecule has 0 radical (unpaired) electrons. The molecule has 2 aliphatic heterocycles. The molecule has 0 aromatic heterocycles. The van der Waals surface area contributed by atoms with Gasteiger partial charge >= 0.3 is 7.75 Å². The molecule has 0 aliphatic carbocycles. The topological polar surface area (TPSA) is 54.4 Å². The van der Waals surface area contributed by atoms with E-state index in [4.69, 9.17) is 9.05 Å². The van der Waals surface area contributed by atoms with Gasteiger partial charge in [0.25, 0.3) is 0 Å². The quantitative estimate of drug-likeness (QED) is 0.451. The molecule has 6 nitrogen and oxygen atoms in total. The molecule has 128 valence electrons. The molecule has 0 unspecified atom stereocenters. The van der Waals surface area contributed by atoms with Gasteiger partial charge in [0.15, 0.2) is 0 Å². The van der Waals surface area contributed by atoms with E-state index in [2.05, 4.69) is 28.4 Å². The first kappa shape index (κ1) is 17.8. The Hall–Kier alpha value is -0.580. The van der Waals surface area contributed by atoms with Crippen LogP contribution in [0.1, 0.15) is 39.5 Å². The van der Waals surface area contributed by atoms with Crippen molar-refractivity contribution in [1.29, 1.82) is 0 Å². The van der Waals surface area contributed by atoms with Crippen LogP contribution in [0.5, 0.6) is 0 Å². The first-order valence-corrected chi connectivity index (χ1v) is 9.78. The molecule has 2 fully saturated rings. The van der Waals surface area contributed by atoms with Crippen molar-refractivity contribution in [2.75, 3.05) is 40.4 Å². The highest BCUT2D eigenvalue weighted by Crippen LogP contribution is 2.48. The van der Waals surface area contributed by atoms with Crippen molar-refractivity contribution in [3.63, 3.8) is 0 Å². The van der Waals surface area contributed by atoms with Gasteiger partial charge in [-0.1, -0.05) is 13.8 Å². The van der Waals surface area contributed by atoms with E-state index < -0.39 is 7.75 Å². The average Bonchev–Trinajstić information content (AvgIpc) is 2.54. The highest BCUT2D eigenvalue weighted by atomic mass is 31.2. The number of hydrogen-bond donors (Lipinski definition) is 0. The Balaban J connectivity index is 2.20. The van der Waals surface area contributed by atoms with Gasteiger partial charge in [0.2, 0.25) is 5.96 Å². The molecule has 2 heterocycles. The van der Waals surface area contributed by atoms with Gasteiger partial charge in [-0.25, -0.2) is 4.57 Å². The van der Waals surface area contributed by atoms with E-state index in [1.165, 1.54) is 14.2 Å². The van der Waals surface area contributed by atoms with Crippen molar-refractivity contribution in [3.05, 3.63) is 0 Å². The lowest BCUT2D eigenvalue weighted by molar-refractivity contribution is 0.211. The molecular weight excluding hydrogens is 301 g/mol. The highest BCUT2D eigenvalue weighted by molar-refractivity contribution is 7.52. The normalized spacial score (nSPS) is 22.0. The van der Waals surface area contributed by atoms with Crippen LogP contribution >= 0.6 is 7.75 Å². The van der Waals surface area contributed by atoms with Gasteiger partial charge in [-0.15, -0.1) is 4.76 Å². The van der Waals surface area contributed by atoms with Crippen LogP contribution in [0.15, 0.2) is 4.76 Å². The lowest BCUT2D eigenvalue weighted by Gasteiger charge is -2.40. The van der Waals surface area contributed by atoms with E-state index in [1.54, 1.807) is 0 Å². The molecule has 0 spiro atoms. The lowest BCUT2D eigenvalue weighted by Crippen LogP contribution is -2.50. The van der Waals surface area contributed by atoms with Crippen LogP contribution in [-0.2, 0) is 13.6 Å². The Morgan fingerprint density at radius 1 is 0.909 bits per heavy atom. The van der Waals surface area contributed by atoms with Gasteiger partial charge in [-0.2, -0.15) is 0 Å². The number of guanidine groups is 1. The third-order valence-corrected chi connectivity index (χ3v) is 6.15. The zero-order valence-electron chi connectivity index (χ0n) is 14.3. The lowest BCUT2D eigenvalue weighted by atomic mass is 9.98. The van der Waals surface area contributed by atoms with Crippen molar-refractivity contribution >= 4 is 13.7 Å². The summed E-state index contributed by atoms with van der Waals surface area (Å²) in [5.41, 5.74) is 0. The van der Waals surface area contributed by atoms with Crippen molar-refractivity contribution < 1.29 is 13.6 Å². The molecule has 2 rings (SSSR count). The van der Waals surface area contributed by atoms with Gasteiger partial charge in [0, 0.05) is 40.4 Å². The van der Waals surface area contributed by atoms with Crippen LogP contribution in [-0.4, -0.2) is 56.2 Å². The second kappa shape index (κ2) is 7.80. The number of rotatable bonds is 3. The van der Waals surface area contributed by atoms with Crippen LogP contribution in [0.25, 0.3) is 0 Å². The summed E-state index contributed by atoms with van der Waals surface area (Å²) in [6, 6.07) is 0. The maximum Gasteiger partial charge on any atom is 0.456 e. The van der Waals surface area contributed by atoms with Crippen LogP contribution < -0.4 is 0 Å². The predicted octanol–water partition coefficient (Wildman–Crippen LogP) is 3.21. The summed E-state index contributed by atoms with van der Waals surface area (Å²) < 4.78 is 27.0. The summed E-state index contributed by atoms with van der Waals surface area (Å²) in [7, 11) is -0.615. The maximum atomic E-state index is 12.5. The molecule has 7 heteroatoms. The Labute approximate surface area is 134 Å². The fraction of sp³-hybridized carbons (Fsp3) is 0.933. The number of piperidine rings is 2. The van der Waals surface area contributed by atoms with Gasteiger partial charge < -0.3 is 9.80 Å². The SMILES string of the molecule is COP(=O)(N=C(N1CCC(C)CC1)N1CCC(C)CC1)OC. The molecule has 0 aromatic rings. The standard InChI is InChI=1S/C15H30N3O3P/c1-13-5-9-17(10-6-13)15(16-22(19,20-3)21-4)18-11-7-14(2)8-12-18/h13-14H,5-12H2,1-4H3. The van der Waals surface area contributed by atoms with Crippen LogP contribution in [0.3, 0.4) is 0 Å². The van der Waals surface area contributed by atoms with E-state index in [-0.39, 0.29) is 0 Å². The van der Waals surface area contributed by atoms with Gasteiger partial charge in [-0.05, 0) is 37.5 Å².